The molecule has 1 aromatic carbocycles. The van der Waals surface area contributed by atoms with Gasteiger partial charge in [0.15, 0.2) is 0 Å². The Balaban J connectivity index is 2.06. The van der Waals surface area contributed by atoms with Crippen molar-refractivity contribution in [3.05, 3.63) is 36.2 Å². The third kappa shape index (κ3) is 3.00. The van der Waals surface area contributed by atoms with E-state index in [1.54, 1.807) is 13.1 Å². The zero-order valence-electron chi connectivity index (χ0n) is 9.72. The second-order valence-corrected chi connectivity index (χ2v) is 3.66. The molecule has 0 aliphatic carbocycles. The van der Waals surface area contributed by atoms with Crippen LogP contribution in [0.2, 0.25) is 0 Å². The van der Waals surface area contributed by atoms with Gasteiger partial charge in [0, 0.05) is 12.6 Å². The number of esters is 1. The number of hydrogen-bond acceptors (Lipinski definition) is 4. The zero-order chi connectivity index (χ0) is 12.1. The number of carbonyl (C=O) groups is 1. The van der Waals surface area contributed by atoms with Crippen LogP contribution in [-0.4, -0.2) is 22.5 Å². The number of benzene rings is 1. The number of para-hydroxylation sites is 2. The van der Waals surface area contributed by atoms with Gasteiger partial charge in [-0.3, -0.25) is 9.78 Å². The summed E-state index contributed by atoms with van der Waals surface area (Å²) in [4.78, 5) is 19.9. The van der Waals surface area contributed by atoms with E-state index in [2.05, 4.69) is 9.97 Å². The van der Waals surface area contributed by atoms with Crippen molar-refractivity contribution in [1.82, 2.24) is 9.97 Å². The summed E-state index contributed by atoms with van der Waals surface area (Å²) in [6.45, 7) is 2.22. The first-order valence-electron chi connectivity index (χ1n) is 5.66. The van der Waals surface area contributed by atoms with Gasteiger partial charge in [-0.05, 0) is 19.1 Å². The Morgan fingerprint density at radius 2 is 2.06 bits per heavy atom. The molecule has 4 heteroatoms. The average Bonchev–Trinajstić information content (AvgIpc) is 2.36. The Labute approximate surface area is 99.7 Å². The molecule has 0 aliphatic heterocycles. The molecule has 17 heavy (non-hydrogen) atoms. The maximum Gasteiger partial charge on any atom is 0.306 e. The third-order valence-corrected chi connectivity index (χ3v) is 2.39. The minimum Gasteiger partial charge on any atom is -0.466 e. The average molecular weight is 230 g/mol. The molecule has 0 atom stereocenters. The second-order valence-electron chi connectivity index (χ2n) is 3.66. The fraction of sp³-hybridized carbons (Fsp3) is 0.308. The van der Waals surface area contributed by atoms with Crippen molar-refractivity contribution in [2.75, 3.05) is 6.61 Å². The summed E-state index contributed by atoms with van der Waals surface area (Å²) in [6, 6.07) is 7.68. The predicted molar refractivity (Wildman–Crippen MR) is 64.5 cm³/mol. The molecule has 1 aromatic heterocycles. The van der Waals surface area contributed by atoms with Gasteiger partial charge in [0.1, 0.15) is 0 Å². The molecule has 0 amide bonds. The van der Waals surface area contributed by atoms with E-state index in [4.69, 9.17) is 4.74 Å². The lowest BCUT2D eigenvalue weighted by molar-refractivity contribution is -0.143. The highest BCUT2D eigenvalue weighted by Crippen LogP contribution is 2.09. The third-order valence-electron chi connectivity index (χ3n) is 2.39. The van der Waals surface area contributed by atoms with Crippen molar-refractivity contribution in [1.29, 1.82) is 0 Å². The molecule has 0 aliphatic rings. The number of aromatic nitrogens is 2. The highest BCUT2D eigenvalue weighted by atomic mass is 16.5. The van der Waals surface area contributed by atoms with Crippen molar-refractivity contribution >= 4 is 17.0 Å². The molecule has 0 fully saturated rings. The van der Waals surface area contributed by atoms with Crippen LogP contribution < -0.4 is 0 Å². The summed E-state index contributed by atoms with van der Waals surface area (Å²) >= 11 is 0. The number of aryl methyl sites for hydroxylation is 1. The molecular formula is C13H14N2O2. The number of nitrogens with zero attached hydrogens (tertiary/aromatic N) is 2. The topological polar surface area (TPSA) is 52.1 Å². The Morgan fingerprint density at radius 1 is 1.29 bits per heavy atom. The van der Waals surface area contributed by atoms with Crippen molar-refractivity contribution in [2.45, 2.75) is 19.8 Å². The van der Waals surface area contributed by atoms with Crippen LogP contribution in [0.5, 0.6) is 0 Å². The molecule has 0 bridgehead atoms. The first kappa shape index (κ1) is 11.5. The van der Waals surface area contributed by atoms with Gasteiger partial charge in [-0.1, -0.05) is 12.1 Å². The van der Waals surface area contributed by atoms with Crippen LogP contribution in [0, 0.1) is 0 Å². The van der Waals surface area contributed by atoms with Crippen LogP contribution in [0.25, 0.3) is 11.0 Å². The fourth-order valence-electron chi connectivity index (χ4n) is 1.58. The normalized spacial score (nSPS) is 10.4. The Hall–Kier alpha value is -1.97. The number of fused-ring (bicyclic) bond motifs is 1. The molecule has 4 nitrogen and oxygen atoms in total. The minimum absolute atomic E-state index is 0.192. The molecule has 0 radical (unpaired) electrons. The minimum atomic E-state index is -0.192. The number of rotatable bonds is 4. The summed E-state index contributed by atoms with van der Waals surface area (Å²) in [5, 5.41) is 0. The van der Waals surface area contributed by atoms with Gasteiger partial charge in [0.2, 0.25) is 0 Å². The van der Waals surface area contributed by atoms with Crippen LogP contribution in [0.3, 0.4) is 0 Å². The predicted octanol–water partition coefficient (Wildman–Crippen LogP) is 2.13. The Morgan fingerprint density at radius 3 is 2.82 bits per heavy atom. The molecule has 2 rings (SSSR count). The van der Waals surface area contributed by atoms with Gasteiger partial charge in [-0.25, -0.2) is 4.98 Å². The van der Waals surface area contributed by atoms with E-state index in [-0.39, 0.29) is 5.97 Å². The molecule has 88 valence electrons. The summed E-state index contributed by atoms with van der Waals surface area (Å²) in [7, 11) is 0. The smallest absolute Gasteiger partial charge is 0.306 e. The lowest BCUT2D eigenvalue weighted by atomic mass is 10.2. The molecule has 0 saturated heterocycles. The summed E-state index contributed by atoms with van der Waals surface area (Å²) in [5.41, 5.74) is 2.54. The first-order valence-corrected chi connectivity index (χ1v) is 5.66. The lowest BCUT2D eigenvalue weighted by Crippen LogP contribution is -2.06. The van der Waals surface area contributed by atoms with Gasteiger partial charge in [-0.2, -0.15) is 0 Å². The lowest BCUT2D eigenvalue weighted by Gasteiger charge is -2.02. The molecule has 0 spiro atoms. The number of ether oxygens (including phenoxy) is 1. The van der Waals surface area contributed by atoms with Crippen molar-refractivity contribution in [2.24, 2.45) is 0 Å². The van der Waals surface area contributed by atoms with Crippen LogP contribution in [0.15, 0.2) is 30.5 Å². The van der Waals surface area contributed by atoms with E-state index in [0.29, 0.717) is 19.4 Å². The largest absolute Gasteiger partial charge is 0.466 e. The van der Waals surface area contributed by atoms with Crippen LogP contribution in [0.1, 0.15) is 19.0 Å². The molecule has 0 unspecified atom stereocenters. The van der Waals surface area contributed by atoms with Gasteiger partial charge in [0.25, 0.3) is 0 Å². The Kier molecular flexibility index (Phi) is 3.65. The fourth-order valence-corrected chi connectivity index (χ4v) is 1.58. The van der Waals surface area contributed by atoms with Crippen molar-refractivity contribution in [3.8, 4) is 0 Å². The van der Waals surface area contributed by atoms with Crippen molar-refractivity contribution in [3.63, 3.8) is 0 Å². The quantitative estimate of drug-likeness (QED) is 0.755. The monoisotopic (exact) mass is 230 g/mol. The maximum atomic E-state index is 11.2. The first-order chi connectivity index (χ1) is 8.29. The summed E-state index contributed by atoms with van der Waals surface area (Å²) < 4.78 is 4.86. The van der Waals surface area contributed by atoms with Gasteiger partial charge in [0.05, 0.1) is 29.8 Å². The standard InChI is InChI=1S/C13H14N2O2/c1-2-17-13(16)8-7-10-9-14-11-5-3-4-6-12(11)15-10/h3-6,9H,2,7-8H2,1H3. The number of hydrogen-bond donors (Lipinski definition) is 0. The van der Waals surface area contributed by atoms with Crippen LogP contribution in [0.4, 0.5) is 0 Å². The maximum absolute atomic E-state index is 11.2. The van der Waals surface area contributed by atoms with E-state index in [1.165, 1.54) is 0 Å². The molecule has 0 N–H and O–H groups in total. The molecule has 2 aromatic rings. The van der Waals surface area contributed by atoms with Crippen molar-refractivity contribution < 1.29 is 9.53 Å². The van der Waals surface area contributed by atoms with Gasteiger partial charge < -0.3 is 4.74 Å². The van der Waals surface area contributed by atoms with E-state index >= 15 is 0 Å². The Bertz CT molecular complexity index is 526. The SMILES string of the molecule is CCOC(=O)CCc1cnc2ccccc2n1. The molecule has 0 saturated carbocycles. The summed E-state index contributed by atoms with van der Waals surface area (Å²) in [5.74, 6) is -0.192. The molecular weight excluding hydrogens is 216 g/mol. The van der Waals surface area contributed by atoms with E-state index in [0.717, 1.165) is 16.7 Å². The second kappa shape index (κ2) is 5.39. The number of carbonyl (C=O) groups excluding carboxylic acids is 1. The van der Waals surface area contributed by atoms with E-state index in [9.17, 15) is 4.79 Å². The van der Waals surface area contributed by atoms with Gasteiger partial charge in [-0.15, -0.1) is 0 Å². The van der Waals surface area contributed by atoms with E-state index < -0.39 is 0 Å². The zero-order valence-corrected chi connectivity index (χ0v) is 9.72. The van der Waals surface area contributed by atoms with Gasteiger partial charge >= 0.3 is 5.97 Å². The van der Waals surface area contributed by atoms with E-state index in [1.807, 2.05) is 24.3 Å². The summed E-state index contributed by atoms with van der Waals surface area (Å²) in [6.07, 6.45) is 2.62. The highest BCUT2D eigenvalue weighted by molar-refractivity contribution is 5.74. The molecule has 1 heterocycles. The van der Waals surface area contributed by atoms with Crippen LogP contribution in [-0.2, 0) is 16.0 Å². The van der Waals surface area contributed by atoms with Crippen LogP contribution >= 0.6 is 0 Å². The highest BCUT2D eigenvalue weighted by Gasteiger charge is 2.04.